The number of carboxylic acids is 1. The van der Waals surface area contributed by atoms with Crippen LogP contribution in [0.5, 0.6) is 11.5 Å². The van der Waals surface area contributed by atoms with Gasteiger partial charge in [0.2, 0.25) is 11.6 Å². The Labute approximate surface area is 329 Å². The number of alkyl halides is 3. The molecule has 304 valence electrons. The van der Waals surface area contributed by atoms with Gasteiger partial charge in [0.15, 0.2) is 17.3 Å². The minimum Gasteiger partial charge on any atom is -0.493 e. The lowest BCUT2D eigenvalue weighted by atomic mass is 9.91. The number of hydrogen-bond acceptors (Lipinski definition) is 10. The topological polar surface area (TPSA) is 174 Å². The van der Waals surface area contributed by atoms with Crippen LogP contribution in [-0.2, 0) is 21.8 Å². The van der Waals surface area contributed by atoms with Crippen molar-refractivity contribution in [2.75, 3.05) is 33.9 Å². The minimum atomic E-state index is -5.13. The number of amides is 1. The second-order valence-corrected chi connectivity index (χ2v) is 13.7. The number of benzene rings is 4. The first-order valence-corrected chi connectivity index (χ1v) is 18.0. The average molecular weight is 805 g/mol. The molecule has 1 aliphatic rings. The van der Waals surface area contributed by atoms with Crippen molar-refractivity contribution in [3.63, 3.8) is 0 Å². The van der Waals surface area contributed by atoms with E-state index in [-0.39, 0.29) is 71.7 Å². The van der Waals surface area contributed by atoms with Crippen LogP contribution in [0, 0.1) is 10.1 Å². The van der Waals surface area contributed by atoms with Crippen LogP contribution < -0.4 is 9.47 Å². The molecule has 58 heavy (non-hydrogen) atoms. The van der Waals surface area contributed by atoms with Gasteiger partial charge in [0.05, 0.1) is 24.7 Å². The predicted molar refractivity (Wildman–Crippen MR) is 203 cm³/mol. The number of non-ortho nitro benzene ring substituents is 1. The van der Waals surface area contributed by atoms with E-state index in [0.717, 1.165) is 18.7 Å². The second kappa shape index (κ2) is 17.1. The summed E-state index contributed by atoms with van der Waals surface area (Å²) in [5, 5.41) is 33.6. The number of piperidine rings is 1. The smallest absolute Gasteiger partial charge is 0.422 e. The molecule has 1 aromatic heterocycles. The van der Waals surface area contributed by atoms with Crippen LogP contribution in [0.3, 0.4) is 0 Å². The van der Waals surface area contributed by atoms with Gasteiger partial charge >= 0.3 is 12.1 Å². The number of β-amino-alcohol motifs (C(OH)–C–C–N with tert-alkyl or cyclic N) is 1. The number of carbonyl (C=O) groups excluding carboxylic acids is 2. The number of rotatable bonds is 15. The van der Waals surface area contributed by atoms with Crippen molar-refractivity contribution in [3.8, 4) is 11.5 Å². The van der Waals surface area contributed by atoms with Crippen molar-refractivity contribution in [2.45, 2.75) is 43.3 Å². The van der Waals surface area contributed by atoms with Crippen LogP contribution in [0.1, 0.15) is 44.7 Å². The van der Waals surface area contributed by atoms with E-state index in [0.29, 0.717) is 5.06 Å². The van der Waals surface area contributed by atoms with Gasteiger partial charge in [0, 0.05) is 66.6 Å². The summed E-state index contributed by atoms with van der Waals surface area (Å²) in [6.45, 7) is -0.504. The van der Waals surface area contributed by atoms with Gasteiger partial charge in [0.1, 0.15) is 6.10 Å². The summed E-state index contributed by atoms with van der Waals surface area (Å²) in [5.41, 5.74) is -3.19. The van der Waals surface area contributed by atoms with E-state index in [9.17, 15) is 34.7 Å². The van der Waals surface area contributed by atoms with Crippen molar-refractivity contribution < 1.29 is 57.0 Å². The normalized spacial score (nSPS) is 15.3. The number of ketones is 1. The molecule has 1 amide bonds. The predicted octanol–water partition coefficient (Wildman–Crippen LogP) is 6.24. The number of aromatic nitrogens is 1. The fraction of sp³-hybridized carbons (Fsp3) is 0.293. The van der Waals surface area contributed by atoms with Crippen LogP contribution in [0.4, 0.5) is 18.9 Å². The van der Waals surface area contributed by atoms with Crippen molar-refractivity contribution in [1.29, 1.82) is 0 Å². The summed E-state index contributed by atoms with van der Waals surface area (Å²) in [5.74, 6) is -3.16. The molecular weight excluding hydrogens is 765 g/mol. The maximum absolute atomic E-state index is 15.0. The quantitative estimate of drug-likeness (QED) is 0.0531. The Balaban J connectivity index is 1.17. The number of likely N-dealkylation sites (tertiary alicyclic amines) is 1. The molecule has 2 unspecified atom stereocenters. The number of hydrogen-bond donors (Lipinski definition) is 2. The monoisotopic (exact) mass is 804 g/mol. The summed E-state index contributed by atoms with van der Waals surface area (Å²) in [6.07, 6.45) is -3.93. The highest BCUT2D eigenvalue weighted by Gasteiger charge is 2.57. The zero-order chi connectivity index (χ0) is 41.8. The first kappa shape index (κ1) is 41.3. The Kier molecular flexibility index (Phi) is 12.2. The number of fused-ring (bicyclic) bond motifs is 1. The Morgan fingerprint density at radius 2 is 1.57 bits per heavy atom. The molecule has 14 nitrogen and oxygen atoms in total. The van der Waals surface area contributed by atoms with E-state index in [2.05, 4.69) is 0 Å². The van der Waals surface area contributed by atoms with Crippen LogP contribution in [0.2, 0.25) is 0 Å². The van der Waals surface area contributed by atoms with Gasteiger partial charge in [-0.25, -0.2) is 4.79 Å². The average Bonchev–Trinajstić information content (AvgIpc) is 3.58. The molecule has 0 radical (unpaired) electrons. The molecule has 0 bridgehead atoms. The number of Topliss-reactive ketones (excluding diaryl/α,β-unsaturated/α-hetero) is 1. The molecule has 5 aromatic rings. The lowest BCUT2D eigenvalue weighted by Crippen LogP contribution is -2.53. The maximum atomic E-state index is 15.0. The van der Waals surface area contributed by atoms with E-state index in [1.807, 2.05) is 0 Å². The number of halogens is 3. The van der Waals surface area contributed by atoms with Crippen molar-refractivity contribution in [2.24, 2.45) is 0 Å². The molecule has 1 fully saturated rings. The minimum absolute atomic E-state index is 0.0310. The van der Waals surface area contributed by atoms with Crippen LogP contribution in [0.25, 0.3) is 10.9 Å². The number of methoxy groups -OCH3 is 1. The lowest BCUT2D eigenvalue weighted by molar-refractivity contribution is -0.384. The number of ether oxygens (including phenoxy) is 2. The fourth-order valence-corrected chi connectivity index (χ4v) is 7.06. The number of nitrogens with zero attached hydrogens (tertiary/aromatic N) is 4. The maximum Gasteiger partial charge on any atom is 0.422 e. The molecule has 1 aliphatic heterocycles. The first-order chi connectivity index (χ1) is 27.6. The highest BCUT2D eigenvalue weighted by Crippen LogP contribution is 2.44. The zero-order valence-electron chi connectivity index (χ0n) is 31.3. The van der Waals surface area contributed by atoms with Crippen molar-refractivity contribution in [3.05, 3.63) is 136 Å². The third kappa shape index (κ3) is 8.51. The van der Waals surface area contributed by atoms with E-state index in [1.165, 1.54) is 65.2 Å². The molecule has 4 aromatic carbocycles. The third-order valence-corrected chi connectivity index (χ3v) is 10.1. The Morgan fingerprint density at radius 3 is 2.16 bits per heavy atom. The fourth-order valence-electron chi connectivity index (χ4n) is 7.06. The summed E-state index contributed by atoms with van der Waals surface area (Å²) < 4.78 is 58.1. The number of hydroxylamine groups is 2. The Hall–Kier alpha value is -6.30. The van der Waals surface area contributed by atoms with Crippen LogP contribution in [-0.4, -0.2) is 99.5 Å². The molecule has 0 spiro atoms. The standard InChI is InChI=1S/C41H39F3N4O10/c1-56-35-21-28(38(50)47(57-2)36(39(51)52)37(49)27-11-7-4-8-12-27)13-16-34(35)58-30-17-19-45(20-18-30)25-40(53,41(42,43)44)32-24-46(23-26-9-5-3-6-10-26)33-22-29(48(54)55)14-15-31(32)33/h3-16,21-22,24,30,36,53H,17-20,23,25H2,1-2H3,(H,51,52). The number of nitro benzene ring substituents is 1. The Bertz CT molecular complexity index is 2300. The molecule has 2 N–H and O–H groups in total. The van der Waals surface area contributed by atoms with Gasteiger partial charge in [-0.1, -0.05) is 60.7 Å². The van der Waals surface area contributed by atoms with Gasteiger partial charge in [-0.2, -0.15) is 18.2 Å². The van der Waals surface area contributed by atoms with Crippen LogP contribution in [0.15, 0.2) is 103 Å². The molecule has 0 aliphatic carbocycles. The van der Waals surface area contributed by atoms with Gasteiger partial charge in [-0.05, 0) is 42.7 Å². The van der Waals surface area contributed by atoms with Gasteiger partial charge in [-0.3, -0.25) is 29.4 Å². The molecule has 2 atom stereocenters. The van der Waals surface area contributed by atoms with Crippen LogP contribution >= 0.6 is 0 Å². The van der Waals surface area contributed by atoms with E-state index in [4.69, 9.17) is 14.3 Å². The number of aliphatic hydroxyl groups is 1. The van der Waals surface area contributed by atoms with E-state index in [1.54, 1.807) is 48.5 Å². The highest BCUT2D eigenvalue weighted by atomic mass is 19.4. The van der Waals surface area contributed by atoms with Gasteiger partial charge in [-0.15, -0.1) is 0 Å². The molecule has 1 saturated heterocycles. The molecule has 6 rings (SSSR count). The largest absolute Gasteiger partial charge is 0.493 e. The number of nitro groups is 1. The summed E-state index contributed by atoms with van der Waals surface area (Å²) >= 11 is 0. The van der Waals surface area contributed by atoms with Gasteiger partial charge < -0.3 is 24.3 Å². The van der Waals surface area contributed by atoms with Crippen molar-refractivity contribution >= 4 is 34.3 Å². The molecule has 17 heteroatoms. The van der Waals surface area contributed by atoms with Crippen molar-refractivity contribution in [1.82, 2.24) is 14.5 Å². The molecular formula is C41H39F3N4O10. The lowest BCUT2D eigenvalue weighted by Gasteiger charge is -2.39. The summed E-state index contributed by atoms with van der Waals surface area (Å²) in [6, 6.07) is 22.0. The second-order valence-electron chi connectivity index (χ2n) is 13.7. The van der Waals surface area contributed by atoms with E-state index < -0.39 is 58.6 Å². The zero-order valence-corrected chi connectivity index (χ0v) is 31.3. The first-order valence-electron chi connectivity index (χ1n) is 18.0. The highest BCUT2D eigenvalue weighted by molar-refractivity contribution is 6.14. The van der Waals surface area contributed by atoms with Gasteiger partial charge in [0.25, 0.3) is 11.6 Å². The Morgan fingerprint density at radius 1 is 0.914 bits per heavy atom. The number of aliphatic carboxylic acids is 1. The summed E-state index contributed by atoms with van der Waals surface area (Å²) in [4.78, 5) is 56.3. The summed E-state index contributed by atoms with van der Waals surface area (Å²) in [7, 11) is 2.38. The van der Waals surface area contributed by atoms with E-state index >= 15 is 13.2 Å². The number of carbonyl (C=O) groups is 3. The third-order valence-electron chi connectivity index (χ3n) is 10.1. The SMILES string of the molecule is COc1cc(C(=O)N(OC)C(C(=O)O)C(=O)c2ccccc2)ccc1OC1CCN(CC(O)(c2cn(Cc3ccccc3)c3cc([N+](=O)[O-])ccc23)C(F)(F)F)CC1. The number of carboxylic acid groups (broad SMARTS) is 1. The molecule has 0 saturated carbocycles. The molecule has 2 heterocycles.